The summed E-state index contributed by atoms with van der Waals surface area (Å²) in [6.07, 6.45) is 8.47. The molecule has 2 heterocycles. The second kappa shape index (κ2) is 5.63. The Morgan fingerprint density at radius 1 is 1.24 bits per heavy atom. The first-order valence-corrected chi connectivity index (χ1v) is 6.55. The molecule has 2 aromatic heterocycles. The van der Waals surface area contributed by atoms with Crippen LogP contribution in [0, 0.1) is 0 Å². The number of allylic oxidation sites excluding steroid dienone is 1. The van der Waals surface area contributed by atoms with Gasteiger partial charge in [-0.25, -0.2) is 0 Å². The number of pyridine rings is 1. The molecule has 4 nitrogen and oxygen atoms in total. The first-order valence-electron chi connectivity index (χ1n) is 6.55. The summed E-state index contributed by atoms with van der Waals surface area (Å²) < 4.78 is 5.23. The van der Waals surface area contributed by atoms with E-state index in [2.05, 4.69) is 9.97 Å². The molecule has 0 atom stereocenters. The number of ether oxygens (including phenoxy) is 1. The van der Waals surface area contributed by atoms with Gasteiger partial charge in [0, 0.05) is 40.6 Å². The van der Waals surface area contributed by atoms with Crippen molar-refractivity contribution in [3.63, 3.8) is 0 Å². The number of aromatic nitrogens is 2. The lowest BCUT2D eigenvalue weighted by molar-refractivity contribution is 0.104. The van der Waals surface area contributed by atoms with Gasteiger partial charge in [0.2, 0.25) is 0 Å². The minimum atomic E-state index is -0.0466. The normalized spacial score (nSPS) is 11.1. The molecule has 0 spiro atoms. The van der Waals surface area contributed by atoms with E-state index in [1.165, 1.54) is 0 Å². The van der Waals surface area contributed by atoms with Crippen molar-refractivity contribution in [3.05, 3.63) is 66.1 Å². The highest BCUT2D eigenvalue weighted by Crippen LogP contribution is 2.24. The topological polar surface area (TPSA) is 55.0 Å². The number of carbonyl (C=O) groups excluding carboxylic acids is 1. The van der Waals surface area contributed by atoms with Crippen LogP contribution in [-0.4, -0.2) is 22.9 Å². The van der Waals surface area contributed by atoms with E-state index in [-0.39, 0.29) is 5.78 Å². The van der Waals surface area contributed by atoms with Gasteiger partial charge in [-0.3, -0.25) is 9.78 Å². The predicted octanol–water partition coefficient (Wildman–Crippen LogP) is 3.47. The number of ketones is 1. The number of rotatable bonds is 4. The van der Waals surface area contributed by atoms with E-state index >= 15 is 0 Å². The summed E-state index contributed by atoms with van der Waals surface area (Å²) in [4.78, 5) is 19.1. The standard InChI is InChI=1S/C17H14N2O2/c1-21-14-3-4-16-15(10-14)13(11-19-16)2-5-17(20)12-6-8-18-9-7-12/h2-11,19H,1H3/b5-2+. The van der Waals surface area contributed by atoms with E-state index in [9.17, 15) is 4.79 Å². The van der Waals surface area contributed by atoms with Crippen LogP contribution in [-0.2, 0) is 0 Å². The lowest BCUT2D eigenvalue weighted by Gasteiger charge is -1.99. The van der Waals surface area contributed by atoms with E-state index in [0.29, 0.717) is 5.56 Å². The van der Waals surface area contributed by atoms with E-state index in [4.69, 9.17) is 4.74 Å². The summed E-state index contributed by atoms with van der Waals surface area (Å²) in [6.45, 7) is 0. The SMILES string of the molecule is COc1ccc2[nH]cc(/C=C/C(=O)c3ccncc3)c2c1. The third kappa shape index (κ3) is 2.69. The van der Waals surface area contributed by atoms with E-state index < -0.39 is 0 Å². The van der Waals surface area contributed by atoms with Gasteiger partial charge in [0.25, 0.3) is 0 Å². The van der Waals surface area contributed by atoms with Crippen molar-refractivity contribution in [2.24, 2.45) is 0 Å². The number of methoxy groups -OCH3 is 1. The molecule has 0 amide bonds. The quantitative estimate of drug-likeness (QED) is 0.587. The third-order valence-corrected chi connectivity index (χ3v) is 3.30. The molecule has 3 rings (SSSR count). The minimum absolute atomic E-state index is 0.0466. The summed E-state index contributed by atoms with van der Waals surface area (Å²) in [5, 5.41) is 1.02. The van der Waals surface area contributed by atoms with Gasteiger partial charge in [-0.05, 0) is 42.5 Å². The highest BCUT2D eigenvalue weighted by atomic mass is 16.5. The van der Waals surface area contributed by atoms with Crippen LogP contribution in [0.1, 0.15) is 15.9 Å². The molecule has 0 bridgehead atoms. The monoisotopic (exact) mass is 278 g/mol. The minimum Gasteiger partial charge on any atom is -0.497 e. The van der Waals surface area contributed by atoms with Crippen LogP contribution < -0.4 is 4.74 Å². The van der Waals surface area contributed by atoms with Gasteiger partial charge in [0.15, 0.2) is 5.78 Å². The summed E-state index contributed by atoms with van der Waals surface area (Å²) in [5.74, 6) is 0.742. The summed E-state index contributed by atoms with van der Waals surface area (Å²) in [6, 6.07) is 9.20. The Kier molecular flexibility index (Phi) is 3.51. The number of nitrogens with zero attached hydrogens (tertiary/aromatic N) is 1. The Morgan fingerprint density at radius 2 is 2.05 bits per heavy atom. The van der Waals surface area contributed by atoms with E-state index in [1.807, 2.05) is 24.4 Å². The fraction of sp³-hybridized carbons (Fsp3) is 0.0588. The zero-order valence-electron chi connectivity index (χ0n) is 11.5. The molecular weight excluding hydrogens is 264 g/mol. The molecule has 1 N–H and O–H groups in total. The molecule has 0 aliphatic carbocycles. The molecular formula is C17H14N2O2. The van der Waals surface area contributed by atoms with Gasteiger partial charge in [-0.1, -0.05) is 0 Å². The molecule has 3 aromatic rings. The molecule has 0 saturated heterocycles. The van der Waals surface area contributed by atoms with Crippen LogP contribution in [0.25, 0.3) is 17.0 Å². The molecule has 1 aromatic carbocycles. The van der Waals surface area contributed by atoms with Crippen molar-refractivity contribution in [2.45, 2.75) is 0 Å². The van der Waals surface area contributed by atoms with E-state index in [1.54, 1.807) is 43.8 Å². The van der Waals surface area contributed by atoms with Crippen molar-refractivity contribution in [3.8, 4) is 5.75 Å². The number of carbonyl (C=O) groups is 1. The zero-order chi connectivity index (χ0) is 14.7. The lowest BCUT2D eigenvalue weighted by atomic mass is 10.1. The maximum atomic E-state index is 12.0. The molecule has 0 aliphatic heterocycles. The molecule has 0 unspecified atom stereocenters. The largest absolute Gasteiger partial charge is 0.497 e. The van der Waals surface area contributed by atoms with Crippen LogP contribution in [0.2, 0.25) is 0 Å². The number of benzene rings is 1. The lowest BCUT2D eigenvalue weighted by Crippen LogP contribution is -1.93. The van der Waals surface area contributed by atoms with Crippen LogP contribution in [0.15, 0.2) is 55.0 Å². The first kappa shape index (κ1) is 13.1. The van der Waals surface area contributed by atoms with Gasteiger partial charge in [-0.2, -0.15) is 0 Å². The van der Waals surface area contributed by atoms with Gasteiger partial charge in [-0.15, -0.1) is 0 Å². The van der Waals surface area contributed by atoms with Crippen LogP contribution in [0.5, 0.6) is 5.75 Å². The highest BCUT2D eigenvalue weighted by molar-refractivity contribution is 6.07. The average Bonchev–Trinajstić information content (AvgIpc) is 2.95. The van der Waals surface area contributed by atoms with Crippen molar-refractivity contribution in [2.75, 3.05) is 7.11 Å². The number of aromatic amines is 1. The van der Waals surface area contributed by atoms with Crippen LogP contribution >= 0.6 is 0 Å². The average molecular weight is 278 g/mol. The summed E-state index contributed by atoms with van der Waals surface area (Å²) in [7, 11) is 1.64. The van der Waals surface area contributed by atoms with Crippen molar-refractivity contribution >= 4 is 22.8 Å². The fourth-order valence-electron chi connectivity index (χ4n) is 2.16. The molecule has 0 radical (unpaired) electrons. The Bertz CT molecular complexity index is 804. The van der Waals surface area contributed by atoms with Crippen molar-refractivity contribution < 1.29 is 9.53 Å². The number of nitrogens with one attached hydrogen (secondary N) is 1. The van der Waals surface area contributed by atoms with Crippen LogP contribution in [0.3, 0.4) is 0 Å². The highest BCUT2D eigenvalue weighted by Gasteiger charge is 2.04. The maximum Gasteiger partial charge on any atom is 0.185 e. The Labute approximate surface area is 122 Å². The number of fused-ring (bicyclic) bond motifs is 1. The number of hydrogen-bond acceptors (Lipinski definition) is 3. The Hall–Kier alpha value is -2.88. The second-order valence-corrected chi connectivity index (χ2v) is 4.59. The fourth-order valence-corrected chi connectivity index (χ4v) is 2.16. The molecule has 0 saturated carbocycles. The van der Waals surface area contributed by atoms with E-state index in [0.717, 1.165) is 22.2 Å². The Morgan fingerprint density at radius 3 is 2.81 bits per heavy atom. The van der Waals surface area contributed by atoms with Crippen molar-refractivity contribution in [1.29, 1.82) is 0 Å². The maximum absolute atomic E-state index is 12.0. The van der Waals surface area contributed by atoms with Gasteiger partial charge in [0.05, 0.1) is 7.11 Å². The molecule has 0 aliphatic rings. The van der Waals surface area contributed by atoms with Crippen molar-refractivity contribution in [1.82, 2.24) is 9.97 Å². The summed E-state index contributed by atoms with van der Waals surface area (Å²) in [5.41, 5.74) is 2.58. The van der Waals surface area contributed by atoms with Gasteiger partial charge in [0.1, 0.15) is 5.75 Å². The third-order valence-electron chi connectivity index (χ3n) is 3.30. The van der Waals surface area contributed by atoms with Crippen LogP contribution in [0.4, 0.5) is 0 Å². The molecule has 4 heteroatoms. The van der Waals surface area contributed by atoms with Gasteiger partial charge < -0.3 is 9.72 Å². The van der Waals surface area contributed by atoms with Gasteiger partial charge >= 0.3 is 0 Å². The first-order chi connectivity index (χ1) is 10.3. The summed E-state index contributed by atoms with van der Waals surface area (Å²) >= 11 is 0. The zero-order valence-corrected chi connectivity index (χ0v) is 11.5. The molecule has 0 fully saturated rings. The Balaban J connectivity index is 1.91. The predicted molar refractivity (Wildman–Crippen MR) is 82.5 cm³/mol. The second-order valence-electron chi connectivity index (χ2n) is 4.59. The number of H-pyrrole nitrogens is 1. The smallest absolute Gasteiger partial charge is 0.185 e. The number of hydrogen-bond donors (Lipinski definition) is 1. The molecule has 21 heavy (non-hydrogen) atoms. The molecule has 104 valence electrons.